The Kier molecular flexibility index (Phi) is 4.27. The van der Waals surface area contributed by atoms with Gasteiger partial charge in [-0.2, -0.15) is 4.98 Å². The molecule has 100 valence electrons. The summed E-state index contributed by atoms with van der Waals surface area (Å²) >= 11 is 9.47. The Labute approximate surface area is 125 Å². The molecule has 1 heterocycles. The monoisotopic (exact) mass is 341 g/mol. The summed E-state index contributed by atoms with van der Waals surface area (Å²) in [5, 5.41) is 0.512. The lowest BCUT2D eigenvalue weighted by Gasteiger charge is -2.11. The van der Waals surface area contributed by atoms with E-state index in [0.29, 0.717) is 40.3 Å². The predicted octanol–water partition coefficient (Wildman–Crippen LogP) is 4.14. The number of nitrogen functional groups attached to an aromatic ring is 1. The Morgan fingerprint density at radius 1 is 1.37 bits per heavy atom. The minimum atomic E-state index is 0.424. The number of ether oxygens (including phenoxy) is 1. The van der Waals surface area contributed by atoms with E-state index < -0.39 is 0 Å². The van der Waals surface area contributed by atoms with E-state index in [9.17, 15) is 0 Å². The number of anilines is 1. The van der Waals surface area contributed by atoms with E-state index in [0.717, 1.165) is 4.47 Å². The highest BCUT2D eigenvalue weighted by Crippen LogP contribution is 2.33. The molecule has 2 rings (SSSR count). The van der Waals surface area contributed by atoms with Crippen LogP contribution >= 0.6 is 27.5 Å². The minimum Gasteiger partial charge on any atom is -0.437 e. The van der Waals surface area contributed by atoms with Gasteiger partial charge in [-0.15, -0.1) is 0 Å². The molecule has 6 heteroatoms. The van der Waals surface area contributed by atoms with Gasteiger partial charge in [0, 0.05) is 10.9 Å². The molecule has 0 amide bonds. The molecule has 2 N–H and O–H groups in total. The molecule has 0 spiro atoms. The zero-order valence-electron chi connectivity index (χ0n) is 10.6. The van der Waals surface area contributed by atoms with Gasteiger partial charge in [-0.25, -0.2) is 4.98 Å². The molecule has 0 saturated carbocycles. The van der Waals surface area contributed by atoms with Crippen LogP contribution in [0.5, 0.6) is 11.6 Å². The predicted molar refractivity (Wildman–Crippen MR) is 79.8 cm³/mol. The van der Waals surface area contributed by atoms with Crippen molar-refractivity contribution in [3.05, 3.63) is 39.1 Å². The fourth-order valence-corrected chi connectivity index (χ4v) is 1.97. The first-order valence-corrected chi connectivity index (χ1v) is 6.94. The van der Waals surface area contributed by atoms with E-state index in [2.05, 4.69) is 25.9 Å². The average molecular weight is 343 g/mol. The van der Waals surface area contributed by atoms with E-state index in [1.54, 1.807) is 12.1 Å². The molecule has 2 aromatic rings. The zero-order chi connectivity index (χ0) is 14.0. The van der Waals surface area contributed by atoms with Gasteiger partial charge in [0.25, 0.3) is 0 Å². The topological polar surface area (TPSA) is 61.0 Å². The summed E-state index contributed by atoms with van der Waals surface area (Å²) in [5.41, 5.74) is 6.55. The van der Waals surface area contributed by atoms with Gasteiger partial charge in [-0.05, 0) is 25.1 Å². The largest absolute Gasteiger partial charge is 0.437 e. The highest BCUT2D eigenvalue weighted by atomic mass is 79.9. The van der Waals surface area contributed by atoms with Crippen molar-refractivity contribution in [1.82, 2.24) is 9.97 Å². The summed E-state index contributed by atoms with van der Waals surface area (Å²) in [5.74, 6) is 2.03. The van der Waals surface area contributed by atoms with Crippen LogP contribution in [0.4, 0.5) is 5.82 Å². The molecular weight excluding hydrogens is 330 g/mol. The van der Waals surface area contributed by atoms with Crippen LogP contribution in [0.1, 0.15) is 18.3 Å². The van der Waals surface area contributed by atoms with Crippen molar-refractivity contribution >= 4 is 33.3 Å². The van der Waals surface area contributed by atoms with Crippen molar-refractivity contribution in [3.8, 4) is 11.6 Å². The number of nitrogens with zero attached hydrogens (tertiary/aromatic N) is 2. The van der Waals surface area contributed by atoms with E-state index >= 15 is 0 Å². The van der Waals surface area contributed by atoms with Gasteiger partial charge in [0.2, 0.25) is 5.88 Å². The van der Waals surface area contributed by atoms with Gasteiger partial charge in [-0.1, -0.05) is 34.5 Å². The number of aryl methyl sites for hydroxylation is 1. The third-order valence-electron chi connectivity index (χ3n) is 2.60. The molecule has 4 nitrogen and oxygen atoms in total. The Hall–Kier alpha value is -1.33. The molecule has 0 unspecified atom stereocenters. The van der Waals surface area contributed by atoms with E-state index in [4.69, 9.17) is 22.1 Å². The lowest BCUT2D eigenvalue weighted by molar-refractivity contribution is 0.455. The van der Waals surface area contributed by atoms with Crippen molar-refractivity contribution in [2.45, 2.75) is 20.3 Å². The number of nitrogens with two attached hydrogens (primary N) is 1. The SMILES string of the molecule is CCc1nc(N)c(C)c(Oc2cc(Br)ccc2Cl)n1. The second-order valence-electron chi connectivity index (χ2n) is 3.99. The molecule has 0 aliphatic carbocycles. The number of benzene rings is 1. The number of hydrogen-bond donors (Lipinski definition) is 1. The summed E-state index contributed by atoms with van der Waals surface area (Å²) in [6, 6.07) is 5.38. The molecular formula is C13H13BrClN3O. The Morgan fingerprint density at radius 3 is 2.79 bits per heavy atom. The van der Waals surface area contributed by atoms with Crippen LogP contribution < -0.4 is 10.5 Å². The van der Waals surface area contributed by atoms with Crippen LogP contribution in [0.15, 0.2) is 22.7 Å². The third kappa shape index (κ3) is 3.16. The quantitative estimate of drug-likeness (QED) is 0.910. The highest BCUT2D eigenvalue weighted by molar-refractivity contribution is 9.10. The molecule has 0 bridgehead atoms. The number of rotatable bonds is 3. The molecule has 1 aromatic carbocycles. The highest BCUT2D eigenvalue weighted by Gasteiger charge is 2.12. The average Bonchev–Trinajstić information content (AvgIpc) is 2.38. The van der Waals surface area contributed by atoms with E-state index in [1.807, 2.05) is 19.9 Å². The van der Waals surface area contributed by atoms with Crippen LogP contribution in [0.2, 0.25) is 5.02 Å². The minimum absolute atomic E-state index is 0.424. The first kappa shape index (κ1) is 14.1. The molecule has 0 atom stereocenters. The fourth-order valence-electron chi connectivity index (χ4n) is 1.48. The van der Waals surface area contributed by atoms with Crippen LogP contribution in [0.3, 0.4) is 0 Å². The Morgan fingerprint density at radius 2 is 2.11 bits per heavy atom. The number of halogens is 2. The van der Waals surface area contributed by atoms with Crippen molar-refractivity contribution < 1.29 is 4.74 Å². The van der Waals surface area contributed by atoms with Crippen molar-refractivity contribution in [2.24, 2.45) is 0 Å². The zero-order valence-corrected chi connectivity index (χ0v) is 12.9. The van der Waals surface area contributed by atoms with E-state index in [-0.39, 0.29) is 0 Å². The maximum absolute atomic E-state index is 6.09. The van der Waals surface area contributed by atoms with Crippen LogP contribution in [0, 0.1) is 6.92 Å². The van der Waals surface area contributed by atoms with Gasteiger partial charge in [0.15, 0.2) is 0 Å². The summed E-state index contributed by atoms with van der Waals surface area (Å²) in [6.07, 6.45) is 0.688. The summed E-state index contributed by atoms with van der Waals surface area (Å²) in [7, 11) is 0. The maximum Gasteiger partial charge on any atom is 0.227 e. The van der Waals surface area contributed by atoms with Gasteiger partial charge < -0.3 is 10.5 Å². The van der Waals surface area contributed by atoms with Gasteiger partial charge in [0.05, 0.1) is 10.6 Å². The van der Waals surface area contributed by atoms with Gasteiger partial charge >= 0.3 is 0 Å². The normalized spacial score (nSPS) is 10.5. The van der Waals surface area contributed by atoms with Gasteiger partial charge in [-0.3, -0.25) is 0 Å². The standard InChI is InChI=1S/C13H13BrClN3O/c1-3-11-17-12(16)7(2)13(18-11)19-10-6-8(14)4-5-9(10)15/h4-6H,3H2,1-2H3,(H2,16,17,18). The lowest BCUT2D eigenvalue weighted by Crippen LogP contribution is -2.04. The first-order chi connectivity index (χ1) is 9.01. The maximum atomic E-state index is 6.09. The van der Waals surface area contributed by atoms with Crippen LogP contribution in [-0.2, 0) is 6.42 Å². The second-order valence-corrected chi connectivity index (χ2v) is 5.31. The molecule has 0 saturated heterocycles. The van der Waals surface area contributed by atoms with Gasteiger partial charge in [0.1, 0.15) is 17.4 Å². The molecule has 1 aromatic heterocycles. The summed E-state index contributed by atoms with van der Waals surface area (Å²) in [4.78, 5) is 8.51. The smallest absolute Gasteiger partial charge is 0.227 e. The van der Waals surface area contributed by atoms with Crippen molar-refractivity contribution in [3.63, 3.8) is 0 Å². The van der Waals surface area contributed by atoms with Crippen LogP contribution in [-0.4, -0.2) is 9.97 Å². The van der Waals surface area contributed by atoms with Crippen molar-refractivity contribution in [1.29, 1.82) is 0 Å². The third-order valence-corrected chi connectivity index (χ3v) is 3.41. The summed E-state index contributed by atoms with van der Waals surface area (Å²) in [6.45, 7) is 3.77. The molecule has 0 radical (unpaired) electrons. The Bertz CT molecular complexity index is 619. The number of hydrogen-bond acceptors (Lipinski definition) is 4. The van der Waals surface area contributed by atoms with Crippen LogP contribution in [0.25, 0.3) is 0 Å². The van der Waals surface area contributed by atoms with Crippen molar-refractivity contribution in [2.75, 3.05) is 5.73 Å². The first-order valence-electron chi connectivity index (χ1n) is 5.77. The number of aromatic nitrogens is 2. The second kappa shape index (κ2) is 5.75. The van der Waals surface area contributed by atoms with E-state index in [1.165, 1.54) is 0 Å². The molecule has 0 aliphatic rings. The molecule has 19 heavy (non-hydrogen) atoms. The summed E-state index contributed by atoms with van der Waals surface area (Å²) < 4.78 is 6.63. The lowest BCUT2D eigenvalue weighted by atomic mass is 10.3. The fraction of sp³-hybridized carbons (Fsp3) is 0.231. The molecule has 0 aliphatic heterocycles. The molecule has 0 fully saturated rings. The Balaban J connectivity index is 2.42.